The van der Waals surface area contributed by atoms with E-state index in [1.807, 2.05) is 44.2 Å². The first-order valence-electron chi connectivity index (χ1n) is 10.7. The van der Waals surface area contributed by atoms with Gasteiger partial charge >= 0.3 is 5.97 Å². The van der Waals surface area contributed by atoms with Crippen molar-refractivity contribution in [1.29, 1.82) is 0 Å². The van der Waals surface area contributed by atoms with Gasteiger partial charge in [0, 0.05) is 20.4 Å². The number of carbonyl (C=O) groups excluding carboxylic acids is 5. The minimum absolute atomic E-state index is 0.0492. The van der Waals surface area contributed by atoms with Crippen LogP contribution in [0.25, 0.3) is 0 Å². The standard InChI is InChI=1S/C23H33N3O6S/c1-14(2)11-17(26-23(31)19(33-15(3)27)13-20(28)32-5)22(30)25-18(21(29)24-4)12-16-9-7-6-8-10-16/h6-10,14,17-19H,11-13H2,1-5H3,(H,24,29)(H,25,30)(H,26,31)/t17-,18-,19?/m0/s1. The van der Waals surface area contributed by atoms with Gasteiger partial charge in [-0.25, -0.2) is 0 Å². The molecule has 3 amide bonds. The smallest absolute Gasteiger partial charge is 0.307 e. The number of nitrogens with one attached hydrogen (secondary N) is 3. The Labute approximate surface area is 198 Å². The zero-order chi connectivity index (χ0) is 25.0. The fourth-order valence-corrected chi connectivity index (χ4v) is 3.89. The van der Waals surface area contributed by atoms with Crippen LogP contribution in [0.2, 0.25) is 0 Å². The average Bonchev–Trinajstić information content (AvgIpc) is 2.76. The molecule has 0 heterocycles. The maximum absolute atomic E-state index is 13.1. The highest BCUT2D eigenvalue weighted by Gasteiger charge is 2.31. The molecule has 1 rings (SSSR count). The quantitative estimate of drug-likeness (QED) is 0.384. The van der Waals surface area contributed by atoms with Gasteiger partial charge in [-0.05, 0) is 17.9 Å². The van der Waals surface area contributed by atoms with Gasteiger partial charge < -0.3 is 20.7 Å². The molecule has 9 nitrogen and oxygen atoms in total. The number of likely N-dealkylation sites (N-methyl/N-ethyl adjacent to an activating group) is 1. The van der Waals surface area contributed by atoms with Crippen LogP contribution in [-0.2, 0) is 35.1 Å². The summed E-state index contributed by atoms with van der Waals surface area (Å²) in [6.07, 6.45) is 0.274. The number of carbonyl (C=O) groups is 5. The van der Waals surface area contributed by atoms with Crippen LogP contribution in [0, 0.1) is 5.92 Å². The Bertz CT molecular complexity index is 831. The molecule has 0 radical (unpaired) electrons. The summed E-state index contributed by atoms with van der Waals surface area (Å²) in [7, 11) is 2.67. The predicted molar refractivity (Wildman–Crippen MR) is 126 cm³/mol. The molecule has 0 aliphatic rings. The topological polar surface area (TPSA) is 131 Å². The molecule has 1 unspecified atom stereocenters. The van der Waals surface area contributed by atoms with Gasteiger partial charge in [-0.3, -0.25) is 24.0 Å². The van der Waals surface area contributed by atoms with Crippen LogP contribution < -0.4 is 16.0 Å². The number of rotatable bonds is 12. The zero-order valence-corrected chi connectivity index (χ0v) is 20.5. The van der Waals surface area contributed by atoms with E-state index in [0.717, 1.165) is 5.56 Å². The van der Waals surface area contributed by atoms with E-state index in [0.29, 0.717) is 18.2 Å². The SMILES string of the molecule is CNC(=O)[C@H](Cc1ccccc1)NC(=O)[C@H](CC(C)C)NC(=O)C(CC(=O)OC)SC(C)=O. The lowest BCUT2D eigenvalue weighted by molar-refractivity contribution is -0.142. The van der Waals surface area contributed by atoms with E-state index >= 15 is 0 Å². The molecule has 10 heteroatoms. The molecule has 0 aliphatic carbocycles. The van der Waals surface area contributed by atoms with Crippen LogP contribution >= 0.6 is 11.8 Å². The number of hydrogen-bond acceptors (Lipinski definition) is 7. The Kier molecular flexibility index (Phi) is 12.2. The number of benzene rings is 1. The molecule has 0 aromatic heterocycles. The first-order chi connectivity index (χ1) is 15.6. The van der Waals surface area contributed by atoms with Gasteiger partial charge in [0.1, 0.15) is 17.3 Å². The van der Waals surface area contributed by atoms with Crippen molar-refractivity contribution >= 4 is 40.6 Å². The summed E-state index contributed by atoms with van der Waals surface area (Å²) < 4.78 is 4.61. The van der Waals surface area contributed by atoms with Gasteiger partial charge in [-0.15, -0.1) is 0 Å². The van der Waals surface area contributed by atoms with Gasteiger partial charge in [0.25, 0.3) is 0 Å². The predicted octanol–water partition coefficient (Wildman–Crippen LogP) is 1.20. The van der Waals surface area contributed by atoms with Crippen molar-refractivity contribution < 1.29 is 28.7 Å². The summed E-state index contributed by atoms with van der Waals surface area (Å²) in [5.41, 5.74) is 0.867. The number of methoxy groups -OCH3 is 1. The van der Waals surface area contributed by atoms with Crippen LogP contribution in [0.3, 0.4) is 0 Å². The molecular formula is C23H33N3O6S. The summed E-state index contributed by atoms with van der Waals surface area (Å²) in [6, 6.07) is 7.45. The summed E-state index contributed by atoms with van der Waals surface area (Å²) in [5.74, 6) is -2.10. The first-order valence-corrected chi connectivity index (χ1v) is 11.6. The zero-order valence-electron chi connectivity index (χ0n) is 19.7. The molecular weight excluding hydrogens is 446 g/mol. The molecule has 3 N–H and O–H groups in total. The Hall–Kier alpha value is -2.88. The molecule has 0 saturated heterocycles. The third kappa shape index (κ3) is 10.5. The Morgan fingerprint density at radius 1 is 0.939 bits per heavy atom. The molecule has 0 fully saturated rings. The van der Waals surface area contributed by atoms with E-state index in [9.17, 15) is 24.0 Å². The lowest BCUT2D eigenvalue weighted by atomic mass is 10.0. The van der Waals surface area contributed by atoms with Crippen molar-refractivity contribution in [2.45, 2.75) is 57.4 Å². The van der Waals surface area contributed by atoms with Crippen LogP contribution in [0.1, 0.15) is 39.2 Å². The summed E-state index contributed by atoms with van der Waals surface area (Å²) in [4.78, 5) is 61.6. The van der Waals surface area contributed by atoms with Crippen molar-refractivity contribution in [2.24, 2.45) is 5.92 Å². The van der Waals surface area contributed by atoms with Crippen molar-refractivity contribution in [3.8, 4) is 0 Å². The van der Waals surface area contributed by atoms with E-state index in [4.69, 9.17) is 0 Å². The largest absolute Gasteiger partial charge is 0.469 e. The fraction of sp³-hybridized carbons (Fsp3) is 0.522. The third-order valence-corrected chi connectivity index (χ3v) is 5.68. The normalized spacial score (nSPS) is 13.4. The van der Waals surface area contributed by atoms with Crippen LogP contribution in [0.4, 0.5) is 0 Å². The summed E-state index contributed by atoms with van der Waals surface area (Å²) in [6.45, 7) is 5.07. The van der Waals surface area contributed by atoms with Gasteiger partial charge in [-0.2, -0.15) is 0 Å². The maximum Gasteiger partial charge on any atom is 0.307 e. The van der Waals surface area contributed by atoms with Crippen molar-refractivity contribution in [2.75, 3.05) is 14.2 Å². The van der Waals surface area contributed by atoms with Gasteiger partial charge in [0.05, 0.1) is 13.5 Å². The molecule has 0 aliphatic heterocycles. The molecule has 0 saturated carbocycles. The Balaban J connectivity index is 3.01. The number of ether oxygens (including phenoxy) is 1. The van der Waals surface area contributed by atoms with E-state index in [2.05, 4.69) is 20.7 Å². The van der Waals surface area contributed by atoms with Crippen LogP contribution in [0.15, 0.2) is 30.3 Å². The molecule has 182 valence electrons. The summed E-state index contributed by atoms with van der Waals surface area (Å²) in [5, 5.41) is 6.55. The molecule has 1 aromatic rings. The van der Waals surface area contributed by atoms with E-state index in [-0.39, 0.29) is 29.8 Å². The van der Waals surface area contributed by atoms with Gasteiger partial charge in [0.2, 0.25) is 17.7 Å². The van der Waals surface area contributed by atoms with E-state index in [1.165, 1.54) is 21.1 Å². The Morgan fingerprint density at radius 3 is 2.06 bits per heavy atom. The Morgan fingerprint density at radius 2 is 1.55 bits per heavy atom. The highest BCUT2D eigenvalue weighted by Crippen LogP contribution is 2.18. The molecule has 0 bridgehead atoms. The maximum atomic E-state index is 13.1. The molecule has 33 heavy (non-hydrogen) atoms. The van der Waals surface area contributed by atoms with E-state index in [1.54, 1.807) is 0 Å². The lowest BCUT2D eigenvalue weighted by Crippen LogP contribution is -2.55. The number of esters is 1. The van der Waals surface area contributed by atoms with Crippen molar-refractivity contribution in [1.82, 2.24) is 16.0 Å². The second-order valence-corrected chi connectivity index (χ2v) is 9.31. The summed E-state index contributed by atoms with van der Waals surface area (Å²) >= 11 is 0.701. The minimum Gasteiger partial charge on any atom is -0.469 e. The highest BCUT2D eigenvalue weighted by atomic mass is 32.2. The third-order valence-electron chi connectivity index (χ3n) is 4.68. The molecule has 1 aromatic carbocycles. The molecule has 0 spiro atoms. The molecule has 3 atom stereocenters. The number of thioether (sulfide) groups is 1. The first kappa shape index (κ1) is 28.2. The van der Waals surface area contributed by atoms with Crippen molar-refractivity contribution in [3.05, 3.63) is 35.9 Å². The monoisotopic (exact) mass is 479 g/mol. The lowest BCUT2D eigenvalue weighted by Gasteiger charge is -2.25. The number of amides is 3. The second-order valence-electron chi connectivity index (χ2n) is 7.93. The van der Waals surface area contributed by atoms with Crippen molar-refractivity contribution in [3.63, 3.8) is 0 Å². The van der Waals surface area contributed by atoms with Crippen LogP contribution in [0.5, 0.6) is 0 Å². The second kappa shape index (κ2) is 14.3. The number of hydrogen-bond donors (Lipinski definition) is 3. The highest BCUT2D eigenvalue weighted by molar-refractivity contribution is 8.14. The van der Waals surface area contributed by atoms with Gasteiger partial charge in [0.15, 0.2) is 5.12 Å². The van der Waals surface area contributed by atoms with Crippen LogP contribution in [-0.4, -0.2) is 60.3 Å². The van der Waals surface area contributed by atoms with Gasteiger partial charge in [-0.1, -0.05) is 55.9 Å². The van der Waals surface area contributed by atoms with E-state index < -0.39 is 35.1 Å². The average molecular weight is 480 g/mol. The fourth-order valence-electron chi connectivity index (χ4n) is 3.10. The minimum atomic E-state index is -1.03.